The van der Waals surface area contributed by atoms with Crippen molar-refractivity contribution >= 4 is 51.7 Å². The fraction of sp³-hybridized carbons (Fsp3) is 0.400. The summed E-state index contributed by atoms with van der Waals surface area (Å²) in [7, 11) is 1.58. The Kier molecular flexibility index (Phi) is 9.63. The fourth-order valence-corrected chi connectivity index (χ4v) is 4.74. The summed E-state index contributed by atoms with van der Waals surface area (Å²) < 4.78 is 5.22. The highest BCUT2D eigenvalue weighted by Gasteiger charge is 2.35. The number of nitrogens with zero attached hydrogens (tertiary/aromatic N) is 2. The van der Waals surface area contributed by atoms with Crippen molar-refractivity contribution in [3.63, 3.8) is 0 Å². The van der Waals surface area contributed by atoms with Crippen molar-refractivity contribution in [2.75, 3.05) is 19.0 Å². The Bertz CT molecular complexity index is 981. The highest BCUT2D eigenvalue weighted by molar-refractivity contribution is 8.15. The van der Waals surface area contributed by atoms with Gasteiger partial charge in [0.25, 0.3) is 0 Å². The van der Waals surface area contributed by atoms with Crippen molar-refractivity contribution < 1.29 is 14.3 Å². The summed E-state index contributed by atoms with van der Waals surface area (Å²) in [5.74, 6) is 0.343. The molecule has 1 N–H and O–H groups in total. The van der Waals surface area contributed by atoms with Crippen LogP contribution in [0.1, 0.15) is 45.4 Å². The molecule has 1 saturated heterocycles. The highest BCUT2D eigenvalue weighted by atomic mass is 35.5. The van der Waals surface area contributed by atoms with Gasteiger partial charge in [-0.15, -0.1) is 0 Å². The van der Waals surface area contributed by atoms with Gasteiger partial charge in [0.2, 0.25) is 11.8 Å². The van der Waals surface area contributed by atoms with Gasteiger partial charge < -0.3 is 10.1 Å². The lowest BCUT2D eigenvalue weighted by Crippen LogP contribution is -2.45. The predicted octanol–water partition coefficient (Wildman–Crippen LogP) is 6.28. The summed E-state index contributed by atoms with van der Waals surface area (Å²) in [5.41, 5.74) is 1.32. The van der Waals surface area contributed by atoms with E-state index in [0.29, 0.717) is 33.9 Å². The summed E-state index contributed by atoms with van der Waals surface area (Å²) in [5, 5.41) is 3.50. The van der Waals surface area contributed by atoms with Crippen LogP contribution in [0.15, 0.2) is 53.5 Å². The third-order valence-corrected chi connectivity index (χ3v) is 6.75. The zero-order chi connectivity index (χ0) is 23.6. The van der Waals surface area contributed by atoms with E-state index in [4.69, 9.17) is 21.3 Å². The molecule has 0 aromatic heterocycles. The minimum atomic E-state index is -0.564. The van der Waals surface area contributed by atoms with Crippen LogP contribution in [0.5, 0.6) is 5.75 Å². The van der Waals surface area contributed by atoms with E-state index < -0.39 is 5.25 Å². The highest BCUT2D eigenvalue weighted by Crippen LogP contribution is 2.31. The van der Waals surface area contributed by atoms with Crippen molar-refractivity contribution in [1.82, 2.24) is 4.90 Å². The van der Waals surface area contributed by atoms with Gasteiger partial charge in [0.15, 0.2) is 5.17 Å². The van der Waals surface area contributed by atoms with E-state index in [0.717, 1.165) is 19.3 Å². The van der Waals surface area contributed by atoms with Gasteiger partial charge in [-0.05, 0) is 42.8 Å². The lowest BCUT2D eigenvalue weighted by molar-refractivity contribution is -0.129. The van der Waals surface area contributed by atoms with Crippen LogP contribution in [0.25, 0.3) is 0 Å². The van der Waals surface area contributed by atoms with Gasteiger partial charge >= 0.3 is 0 Å². The summed E-state index contributed by atoms with van der Waals surface area (Å²) in [6.07, 6.45) is 5.63. The molecule has 1 atom stereocenters. The molecule has 1 unspecified atom stereocenters. The molecule has 8 heteroatoms. The maximum atomic E-state index is 13.0. The minimum Gasteiger partial charge on any atom is -0.497 e. The third-order valence-electron chi connectivity index (χ3n) is 5.31. The van der Waals surface area contributed by atoms with E-state index in [1.54, 1.807) is 54.5 Å². The molecule has 33 heavy (non-hydrogen) atoms. The van der Waals surface area contributed by atoms with Gasteiger partial charge in [0.05, 0.1) is 12.8 Å². The first-order chi connectivity index (χ1) is 16.0. The summed E-state index contributed by atoms with van der Waals surface area (Å²) in [4.78, 5) is 32.4. The minimum absolute atomic E-state index is 0.0808. The monoisotopic (exact) mass is 487 g/mol. The molecule has 1 fully saturated rings. The first-order valence-corrected chi connectivity index (χ1v) is 12.5. The number of hydrogen-bond donors (Lipinski definition) is 1. The van der Waals surface area contributed by atoms with E-state index in [2.05, 4.69) is 12.2 Å². The van der Waals surface area contributed by atoms with Crippen molar-refractivity contribution in [2.24, 2.45) is 4.99 Å². The quantitative estimate of drug-likeness (QED) is 0.400. The summed E-state index contributed by atoms with van der Waals surface area (Å²) in [6.45, 7) is 2.78. The first kappa shape index (κ1) is 25.1. The molecule has 1 aliphatic heterocycles. The topological polar surface area (TPSA) is 71.0 Å². The van der Waals surface area contributed by atoms with E-state index >= 15 is 0 Å². The van der Waals surface area contributed by atoms with Crippen LogP contribution in [-0.4, -0.2) is 40.8 Å². The molecule has 2 aromatic carbocycles. The molecule has 176 valence electrons. The Hall–Kier alpha value is -2.51. The third kappa shape index (κ3) is 7.51. The van der Waals surface area contributed by atoms with Gasteiger partial charge in [0.1, 0.15) is 11.0 Å². The number of hydrogen-bond acceptors (Lipinski definition) is 5. The SMILES string of the molecule is CCCCCCCN1C(=O)CC(C(=O)Nc2cccc(OC)c2)SC1=Nc1ccc(Cl)cc1. The Labute approximate surface area is 204 Å². The van der Waals surface area contributed by atoms with Crippen molar-refractivity contribution in [3.05, 3.63) is 53.6 Å². The Morgan fingerprint density at radius 1 is 1.18 bits per heavy atom. The van der Waals surface area contributed by atoms with Crippen LogP contribution in [0.3, 0.4) is 0 Å². The molecule has 2 amide bonds. The fourth-order valence-electron chi connectivity index (χ4n) is 3.48. The molecule has 6 nitrogen and oxygen atoms in total. The average Bonchev–Trinajstić information content (AvgIpc) is 2.81. The van der Waals surface area contributed by atoms with Crippen LogP contribution < -0.4 is 10.1 Å². The average molecular weight is 488 g/mol. The van der Waals surface area contributed by atoms with Gasteiger partial charge in [0, 0.05) is 29.7 Å². The number of anilines is 1. The maximum Gasteiger partial charge on any atom is 0.238 e. The molecule has 3 rings (SSSR count). The van der Waals surface area contributed by atoms with Crippen molar-refractivity contribution in [2.45, 2.75) is 50.7 Å². The molecule has 0 aliphatic carbocycles. The Morgan fingerprint density at radius 3 is 2.67 bits per heavy atom. The van der Waals surface area contributed by atoms with Gasteiger partial charge in [-0.3, -0.25) is 14.5 Å². The second-order valence-electron chi connectivity index (χ2n) is 7.86. The smallest absolute Gasteiger partial charge is 0.238 e. The Balaban J connectivity index is 1.75. The number of thioether (sulfide) groups is 1. The number of benzene rings is 2. The number of unbranched alkanes of at least 4 members (excludes halogenated alkanes) is 4. The number of aliphatic imine (C=N–C) groups is 1. The Morgan fingerprint density at radius 2 is 1.94 bits per heavy atom. The van der Waals surface area contributed by atoms with Crippen molar-refractivity contribution in [3.8, 4) is 5.75 Å². The number of carbonyl (C=O) groups is 2. The maximum absolute atomic E-state index is 13.0. The molecule has 1 heterocycles. The largest absolute Gasteiger partial charge is 0.497 e. The molecule has 0 spiro atoms. The predicted molar refractivity (Wildman–Crippen MR) is 137 cm³/mol. The lowest BCUT2D eigenvalue weighted by Gasteiger charge is -2.32. The van der Waals surface area contributed by atoms with Crippen LogP contribution in [0.4, 0.5) is 11.4 Å². The molecule has 2 aromatic rings. The van der Waals surface area contributed by atoms with Gasteiger partial charge in [-0.1, -0.05) is 62.0 Å². The van der Waals surface area contributed by atoms with E-state index in [9.17, 15) is 9.59 Å². The van der Waals surface area contributed by atoms with Crippen LogP contribution in [0, 0.1) is 0 Å². The van der Waals surface area contributed by atoms with Crippen LogP contribution in [-0.2, 0) is 9.59 Å². The molecular weight excluding hydrogens is 458 g/mol. The van der Waals surface area contributed by atoms with Crippen molar-refractivity contribution in [1.29, 1.82) is 0 Å². The number of halogens is 1. The number of amidine groups is 1. The zero-order valence-corrected chi connectivity index (χ0v) is 20.6. The molecule has 0 radical (unpaired) electrons. The van der Waals surface area contributed by atoms with Crippen LogP contribution >= 0.6 is 23.4 Å². The van der Waals surface area contributed by atoms with Gasteiger partial charge in [-0.2, -0.15) is 0 Å². The number of nitrogens with one attached hydrogen (secondary N) is 1. The summed E-state index contributed by atoms with van der Waals surface area (Å²) in [6, 6.07) is 14.3. The van der Waals surface area contributed by atoms with Crippen LogP contribution in [0.2, 0.25) is 5.02 Å². The first-order valence-electron chi connectivity index (χ1n) is 11.3. The summed E-state index contributed by atoms with van der Waals surface area (Å²) >= 11 is 7.33. The molecular formula is C25H30ClN3O3S. The molecule has 0 bridgehead atoms. The molecule has 1 aliphatic rings. The van der Waals surface area contributed by atoms with Gasteiger partial charge in [-0.25, -0.2) is 4.99 Å². The molecule has 0 saturated carbocycles. The number of methoxy groups -OCH3 is 1. The lowest BCUT2D eigenvalue weighted by atomic mass is 10.1. The normalized spacial score (nSPS) is 17.3. The zero-order valence-electron chi connectivity index (χ0n) is 19.1. The number of ether oxygens (including phenoxy) is 1. The van der Waals surface area contributed by atoms with E-state index in [-0.39, 0.29) is 18.2 Å². The van der Waals surface area contributed by atoms with E-state index in [1.165, 1.54) is 24.6 Å². The standard InChI is InChI=1S/C25H30ClN3O3S/c1-3-4-5-6-7-15-29-23(30)17-22(24(31)27-20-9-8-10-21(16-20)32-2)33-25(29)28-19-13-11-18(26)12-14-19/h8-14,16,22H,3-7,15,17H2,1-2H3,(H,27,31). The number of amides is 2. The second-order valence-corrected chi connectivity index (χ2v) is 9.47. The second kappa shape index (κ2) is 12.7. The number of carbonyl (C=O) groups excluding carboxylic acids is 2. The number of rotatable bonds is 10. The van der Waals surface area contributed by atoms with E-state index in [1.807, 2.05) is 6.07 Å².